The number of nitrogens with one attached hydrogen (secondary N) is 3. The third-order valence-corrected chi connectivity index (χ3v) is 4.72. The van der Waals surface area contributed by atoms with E-state index in [9.17, 15) is 4.79 Å². The largest absolute Gasteiger partial charge is 0.353 e. The van der Waals surface area contributed by atoms with Crippen LogP contribution in [0.5, 0.6) is 0 Å². The topological polar surface area (TPSA) is 53.2 Å². The zero-order chi connectivity index (χ0) is 14.5. The van der Waals surface area contributed by atoms with Crippen molar-refractivity contribution in [2.45, 2.75) is 83.5 Å². The maximum absolute atomic E-state index is 12.0. The summed E-state index contributed by atoms with van der Waals surface area (Å²) in [5.74, 6) is 0.826. The molecule has 0 aromatic heterocycles. The third-order valence-electron chi connectivity index (χ3n) is 4.72. The zero-order valence-corrected chi connectivity index (χ0v) is 13.2. The fraction of sp³-hybridized carbons (Fsp3) is 0.938. The van der Waals surface area contributed by atoms with Crippen molar-refractivity contribution in [2.75, 3.05) is 6.54 Å². The molecule has 4 atom stereocenters. The second-order valence-corrected chi connectivity index (χ2v) is 6.81. The van der Waals surface area contributed by atoms with E-state index in [4.69, 9.17) is 0 Å². The van der Waals surface area contributed by atoms with E-state index in [1.165, 1.54) is 38.5 Å². The van der Waals surface area contributed by atoms with Gasteiger partial charge in [0.15, 0.2) is 0 Å². The fourth-order valence-electron chi connectivity index (χ4n) is 3.73. The maximum Gasteiger partial charge on any atom is 0.237 e. The predicted molar refractivity (Wildman–Crippen MR) is 82.6 cm³/mol. The minimum Gasteiger partial charge on any atom is -0.353 e. The standard InChI is InChI=1S/C16H31N3O/c1-11(2)18-16(20)12(3)19-15-9-6-7-13(15)14-8-4-5-10-17-14/h11-15,17,19H,4-10H2,1-3H3,(H,18,20). The van der Waals surface area contributed by atoms with Crippen molar-refractivity contribution in [2.24, 2.45) is 5.92 Å². The van der Waals surface area contributed by atoms with Crippen LogP contribution in [0, 0.1) is 5.92 Å². The van der Waals surface area contributed by atoms with Gasteiger partial charge in [-0.2, -0.15) is 0 Å². The van der Waals surface area contributed by atoms with Crippen LogP contribution < -0.4 is 16.0 Å². The Bertz CT molecular complexity index is 313. The summed E-state index contributed by atoms with van der Waals surface area (Å²) >= 11 is 0. The van der Waals surface area contributed by atoms with Gasteiger partial charge in [-0.25, -0.2) is 0 Å². The van der Waals surface area contributed by atoms with Gasteiger partial charge in [0.05, 0.1) is 6.04 Å². The lowest BCUT2D eigenvalue weighted by molar-refractivity contribution is -0.123. The normalized spacial score (nSPS) is 32.3. The lowest BCUT2D eigenvalue weighted by atomic mass is 9.88. The summed E-state index contributed by atoms with van der Waals surface area (Å²) in [4.78, 5) is 12.0. The van der Waals surface area contributed by atoms with Crippen LogP contribution >= 0.6 is 0 Å². The monoisotopic (exact) mass is 281 g/mol. The van der Waals surface area contributed by atoms with Gasteiger partial charge in [0.25, 0.3) is 0 Å². The SMILES string of the molecule is CC(C)NC(=O)C(C)NC1CCCC1C1CCCCN1. The zero-order valence-electron chi connectivity index (χ0n) is 13.2. The Kier molecular flexibility index (Phi) is 5.85. The first-order valence-electron chi connectivity index (χ1n) is 8.37. The van der Waals surface area contributed by atoms with Crippen LogP contribution in [-0.4, -0.2) is 36.6 Å². The molecule has 1 aliphatic heterocycles. The van der Waals surface area contributed by atoms with Crippen LogP contribution in [0.3, 0.4) is 0 Å². The average molecular weight is 281 g/mol. The maximum atomic E-state index is 12.0. The number of carbonyl (C=O) groups excluding carboxylic acids is 1. The molecule has 1 aliphatic carbocycles. The molecule has 0 aromatic rings. The first-order chi connectivity index (χ1) is 9.58. The predicted octanol–water partition coefficient (Wildman–Crippen LogP) is 1.80. The molecule has 1 saturated heterocycles. The molecule has 2 aliphatic rings. The van der Waals surface area contributed by atoms with E-state index >= 15 is 0 Å². The molecule has 0 spiro atoms. The highest BCUT2D eigenvalue weighted by Gasteiger charge is 2.35. The molecule has 2 rings (SSSR count). The fourth-order valence-corrected chi connectivity index (χ4v) is 3.73. The van der Waals surface area contributed by atoms with E-state index in [-0.39, 0.29) is 18.0 Å². The molecule has 1 saturated carbocycles. The lowest BCUT2D eigenvalue weighted by Crippen LogP contribution is -2.52. The molecule has 2 fully saturated rings. The average Bonchev–Trinajstić information content (AvgIpc) is 2.87. The van der Waals surface area contributed by atoms with Crippen LogP contribution in [-0.2, 0) is 4.79 Å². The lowest BCUT2D eigenvalue weighted by Gasteiger charge is -2.34. The summed E-state index contributed by atoms with van der Waals surface area (Å²) < 4.78 is 0. The quantitative estimate of drug-likeness (QED) is 0.720. The molecule has 0 aromatic carbocycles. The van der Waals surface area contributed by atoms with Crippen molar-refractivity contribution in [3.63, 3.8) is 0 Å². The molecular formula is C16H31N3O. The van der Waals surface area contributed by atoms with E-state index in [1.54, 1.807) is 0 Å². The highest BCUT2D eigenvalue weighted by atomic mass is 16.2. The molecule has 20 heavy (non-hydrogen) atoms. The van der Waals surface area contributed by atoms with E-state index in [1.807, 2.05) is 20.8 Å². The molecule has 0 radical (unpaired) electrons. The molecule has 4 heteroatoms. The molecule has 0 bridgehead atoms. The number of rotatable bonds is 5. The van der Waals surface area contributed by atoms with Gasteiger partial charge in [-0.05, 0) is 58.9 Å². The second-order valence-electron chi connectivity index (χ2n) is 6.81. The summed E-state index contributed by atoms with van der Waals surface area (Å²) in [5.41, 5.74) is 0. The van der Waals surface area contributed by atoms with Crippen LogP contribution in [0.4, 0.5) is 0 Å². The van der Waals surface area contributed by atoms with Gasteiger partial charge in [0.1, 0.15) is 0 Å². The number of amides is 1. The van der Waals surface area contributed by atoms with Crippen molar-refractivity contribution in [3.8, 4) is 0 Å². The minimum atomic E-state index is -0.0911. The highest BCUT2D eigenvalue weighted by molar-refractivity contribution is 5.81. The van der Waals surface area contributed by atoms with E-state index < -0.39 is 0 Å². The minimum absolute atomic E-state index is 0.0911. The van der Waals surface area contributed by atoms with E-state index in [0.717, 1.165) is 6.54 Å². The highest BCUT2D eigenvalue weighted by Crippen LogP contribution is 2.31. The van der Waals surface area contributed by atoms with Gasteiger partial charge in [-0.15, -0.1) is 0 Å². The van der Waals surface area contributed by atoms with Crippen LogP contribution in [0.15, 0.2) is 0 Å². The van der Waals surface area contributed by atoms with Gasteiger partial charge in [-0.1, -0.05) is 12.8 Å². The van der Waals surface area contributed by atoms with Crippen molar-refractivity contribution >= 4 is 5.91 Å². The van der Waals surface area contributed by atoms with Gasteiger partial charge in [0, 0.05) is 18.1 Å². The number of hydrogen-bond donors (Lipinski definition) is 3. The Balaban J connectivity index is 1.85. The summed E-state index contributed by atoms with van der Waals surface area (Å²) in [7, 11) is 0. The van der Waals surface area contributed by atoms with E-state index in [2.05, 4.69) is 16.0 Å². The molecule has 1 amide bonds. The molecule has 4 nitrogen and oxygen atoms in total. The van der Waals surface area contributed by atoms with Gasteiger partial charge >= 0.3 is 0 Å². The van der Waals surface area contributed by atoms with Crippen molar-refractivity contribution < 1.29 is 4.79 Å². The Morgan fingerprint density at radius 3 is 2.55 bits per heavy atom. The smallest absolute Gasteiger partial charge is 0.237 e. The third kappa shape index (κ3) is 4.19. The summed E-state index contributed by atoms with van der Waals surface area (Å²) in [5, 5.41) is 10.3. The number of hydrogen-bond acceptors (Lipinski definition) is 3. The van der Waals surface area contributed by atoms with E-state index in [0.29, 0.717) is 18.0 Å². The Morgan fingerprint density at radius 2 is 1.90 bits per heavy atom. The first kappa shape index (κ1) is 15.8. The first-order valence-corrected chi connectivity index (χ1v) is 8.37. The van der Waals surface area contributed by atoms with Crippen LogP contribution in [0.25, 0.3) is 0 Å². The molecular weight excluding hydrogens is 250 g/mol. The van der Waals surface area contributed by atoms with Crippen LogP contribution in [0.2, 0.25) is 0 Å². The van der Waals surface area contributed by atoms with Gasteiger partial charge < -0.3 is 16.0 Å². The molecule has 1 heterocycles. The molecule has 3 N–H and O–H groups in total. The van der Waals surface area contributed by atoms with Crippen molar-refractivity contribution in [3.05, 3.63) is 0 Å². The summed E-state index contributed by atoms with van der Waals surface area (Å²) in [6.07, 6.45) is 7.77. The Morgan fingerprint density at radius 1 is 1.10 bits per heavy atom. The Labute approximate surface area is 123 Å². The molecule has 4 unspecified atom stereocenters. The number of piperidine rings is 1. The van der Waals surface area contributed by atoms with Gasteiger partial charge in [0.2, 0.25) is 5.91 Å². The summed E-state index contributed by atoms with van der Waals surface area (Å²) in [6.45, 7) is 7.17. The van der Waals surface area contributed by atoms with Crippen molar-refractivity contribution in [1.29, 1.82) is 0 Å². The van der Waals surface area contributed by atoms with Gasteiger partial charge in [-0.3, -0.25) is 4.79 Å². The van der Waals surface area contributed by atoms with Crippen molar-refractivity contribution in [1.82, 2.24) is 16.0 Å². The second kappa shape index (κ2) is 7.41. The number of carbonyl (C=O) groups is 1. The summed E-state index contributed by atoms with van der Waals surface area (Å²) in [6, 6.07) is 1.28. The molecule has 116 valence electrons. The Hall–Kier alpha value is -0.610. The van der Waals surface area contributed by atoms with Crippen LogP contribution in [0.1, 0.15) is 59.3 Å².